The third kappa shape index (κ3) is 3.52. The number of amidine groups is 1. The maximum Gasteiger partial charge on any atom is 0.314 e. The second-order valence-corrected chi connectivity index (χ2v) is 5.71. The first-order valence-corrected chi connectivity index (χ1v) is 7.09. The van der Waals surface area contributed by atoms with E-state index in [0.29, 0.717) is 17.2 Å². The number of ether oxygens (including phenoxy) is 1. The molecule has 0 aromatic rings. The number of fused-ring (bicyclic) bond motifs is 1. The van der Waals surface area contributed by atoms with E-state index in [1.807, 2.05) is 5.94 Å². The van der Waals surface area contributed by atoms with Gasteiger partial charge >= 0.3 is 5.97 Å². The number of nitrogens with one attached hydrogen (secondary N) is 1. The molecule has 104 valence electrons. The highest BCUT2D eigenvalue weighted by Gasteiger charge is 2.42. The molecule has 0 amide bonds. The molecule has 0 radical (unpaired) electrons. The van der Waals surface area contributed by atoms with E-state index in [-0.39, 0.29) is 11.5 Å². The van der Waals surface area contributed by atoms with Crippen LogP contribution in [-0.4, -0.2) is 41.1 Å². The van der Waals surface area contributed by atoms with Crippen LogP contribution >= 0.6 is 23.8 Å². The molecule has 3 unspecified atom stereocenters. The summed E-state index contributed by atoms with van der Waals surface area (Å²) in [6.45, 7) is 1.31. The maximum absolute atomic E-state index is 11.0. The molecular weight excluding hydrogens is 292 g/mol. The highest BCUT2D eigenvalue weighted by molar-refractivity contribution is 8.14. The van der Waals surface area contributed by atoms with Gasteiger partial charge in [-0.15, -0.1) is 0 Å². The van der Waals surface area contributed by atoms with Crippen LogP contribution in [0.15, 0.2) is 10.6 Å². The van der Waals surface area contributed by atoms with Gasteiger partial charge in [0.05, 0.1) is 19.2 Å². The molecule has 3 atom stereocenters. The van der Waals surface area contributed by atoms with Gasteiger partial charge in [0.15, 0.2) is 5.17 Å². The van der Waals surface area contributed by atoms with Crippen molar-refractivity contribution in [1.29, 1.82) is 0 Å². The average molecular weight is 304 g/mol. The van der Waals surface area contributed by atoms with Crippen molar-refractivity contribution in [1.82, 2.24) is 5.48 Å². The lowest BCUT2D eigenvalue weighted by molar-refractivity contribution is -0.130. The van der Waals surface area contributed by atoms with E-state index in [2.05, 4.69) is 10.5 Å². The first-order chi connectivity index (χ1) is 9.13. The molecule has 0 aliphatic carbocycles. The van der Waals surface area contributed by atoms with Crippen molar-refractivity contribution in [3.63, 3.8) is 0 Å². The number of carbonyl (C=O) groups excluding carboxylic acids is 2. The number of thioether (sulfide) groups is 1. The summed E-state index contributed by atoms with van der Waals surface area (Å²) in [4.78, 5) is 30.8. The zero-order valence-electron chi connectivity index (χ0n) is 10.2. The van der Waals surface area contributed by atoms with Gasteiger partial charge in [-0.1, -0.05) is 11.8 Å². The molecule has 0 bridgehead atoms. The SMILES string of the molecule is CONC1=NC2C(=C=O)CC(SOC(C)=O)OC2S1. The minimum atomic E-state index is -0.425. The topological polar surface area (TPSA) is 86.2 Å². The third-order valence-electron chi connectivity index (χ3n) is 2.36. The van der Waals surface area contributed by atoms with Crippen LogP contribution in [0, 0.1) is 0 Å². The first kappa shape index (κ1) is 14.4. The number of aliphatic imine (C=N–C) groups is 1. The Hall–Kier alpha value is -0.990. The smallest absolute Gasteiger partial charge is 0.314 e. The van der Waals surface area contributed by atoms with Gasteiger partial charge in [-0.25, -0.2) is 15.3 Å². The Morgan fingerprint density at radius 1 is 1.68 bits per heavy atom. The Balaban J connectivity index is 2.02. The Morgan fingerprint density at radius 2 is 2.47 bits per heavy atom. The predicted molar refractivity (Wildman–Crippen MR) is 70.8 cm³/mol. The van der Waals surface area contributed by atoms with Crippen molar-refractivity contribution in [3.8, 4) is 0 Å². The van der Waals surface area contributed by atoms with Crippen LogP contribution in [0.5, 0.6) is 0 Å². The van der Waals surface area contributed by atoms with Gasteiger partial charge in [-0.3, -0.25) is 9.63 Å². The van der Waals surface area contributed by atoms with Crippen LogP contribution in [0.1, 0.15) is 13.3 Å². The van der Waals surface area contributed by atoms with Crippen LogP contribution in [0.2, 0.25) is 0 Å². The Kier molecular flexibility index (Phi) is 4.89. The Morgan fingerprint density at radius 3 is 3.11 bits per heavy atom. The van der Waals surface area contributed by atoms with Crippen molar-refractivity contribution in [3.05, 3.63) is 5.57 Å². The summed E-state index contributed by atoms with van der Waals surface area (Å²) in [6, 6.07) is -0.366. The number of carbonyl (C=O) groups is 1. The van der Waals surface area contributed by atoms with Crippen LogP contribution in [-0.2, 0) is 23.3 Å². The quantitative estimate of drug-likeness (QED) is 0.462. The van der Waals surface area contributed by atoms with Crippen LogP contribution in [0.4, 0.5) is 0 Å². The summed E-state index contributed by atoms with van der Waals surface area (Å²) < 4.78 is 10.5. The maximum atomic E-state index is 11.0. The predicted octanol–water partition coefficient (Wildman–Crippen LogP) is 0.651. The Bertz CT molecular complexity index is 449. The van der Waals surface area contributed by atoms with E-state index >= 15 is 0 Å². The van der Waals surface area contributed by atoms with Gasteiger partial charge < -0.3 is 8.92 Å². The largest absolute Gasteiger partial charge is 0.389 e. The standard InChI is InChI=1S/C10H12N2O5S2/c1-5(14)17-19-7-3-6(4-13)8-9(16-7)18-10(11-8)12-15-2/h7-9H,3H2,1-2H3,(H,11,12). The van der Waals surface area contributed by atoms with Gasteiger partial charge in [0.1, 0.15) is 22.9 Å². The van der Waals surface area contributed by atoms with Gasteiger partial charge in [-0.05, 0) is 0 Å². The van der Waals surface area contributed by atoms with E-state index < -0.39 is 11.4 Å². The van der Waals surface area contributed by atoms with Crippen LogP contribution in [0.25, 0.3) is 0 Å². The molecule has 1 fully saturated rings. The number of nitrogens with zero attached hydrogens (tertiary/aromatic N) is 1. The molecule has 0 spiro atoms. The second-order valence-electron chi connectivity index (χ2n) is 3.74. The highest BCUT2D eigenvalue weighted by Crippen LogP contribution is 2.40. The highest BCUT2D eigenvalue weighted by atomic mass is 32.2. The molecule has 0 aromatic carbocycles. The van der Waals surface area contributed by atoms with Gasteiger partial charge in [0.25, 0.3) is 0 Å². The lowest BCUT2D eigenvalue weighted by Gasteiger charge is -2.29. The van der Waals surface area contributed by atoms with Crippen molar-refractivity contribution in [2.75, 3.05) is 7.11 Å². The number of hydroxylamine groups is 1. The average Bonchev–Trinajstić information content (AvgIpc) is 2.78. The zero-order valence-corrected chi connectivity index (χ0v) is 11.9. The fourth-order valence-corrected chi connectivity index (χ4v) is 3.45. The fraction of sp³-hybridized carbons (Fsp3) is 0.600. The molecule has 2 heterocycles. The molecule has 0 aromatic heterocycles. The molecule has 0 saturated carbocycles. The van der Waals surface area contributed by atoms with Crippen LogP contribution < -0.4 is 5.48 Å². The monoisotopic (exact) mass is 304 g/mol. The molecule has 2 aliphatic rings. The Labute approximate surface area is 118 Å². The minimum Gasteiger partial charge on any atom is -0.389 e. The molecular formula is C10H12N2O5S2. The molecule has 7 nitrogen and oxygen atoms in total. The van der Waals surface area contributed by atoms with Gasteiger partial charge in [-0.2, -0.15) is 0 Å². The summed E-state index contributed by atoms with van der Waals surface area (Å²) in [5.41, 5.74) is 2.35. The lowest BCUT2D eigenvalue weighted by Crippen LogP contribution is -2.34. The van der Waals surface area contributed by atoms with E-state index in [9.17, 15) is 9.59 Å². The fourth-order valence-electron chi connectivity index (χ4n) is 1.65. The van der Waals surface area contributed by atoms with Crippen molar-refractivity contribution in [2.24, 2.45) is 4.99 Å². The molecule has 1 N–H and O–H groups in total. The minimum absolute atomic E-state index is 0.326. The molecule has 19 heavy (non-hydrogen) atoms. The molecule has 1 saturated heterocycles. The molecule has 2 rings (SSSR count). The van der Waals surface area contributed by atoms with Crippen molar-refractivity contribution in [2.45, 2.75) is 30.3 Å². The van der Waals surface area contributed by atoms with E-state index in [1.165, 1.54) is 25.8 Å². The summed E-state index contributed by atoms with van der Waals surface area (Å²) >= 11 is 2.22. The summed E-state index contributed by atoms with van der Waals surface area (Å²) in [6.07, 6.45) is 0.326. The normalized spacial score (nSPS) is 29.3. The third-order valence-corrected chi connectivity index (χ3v) is 4.20. The first-order valence-electron chi connectivity index (χ1n) is 5.40. The molecule has 2 aliphatic heterocycles. The van der Waals surface area contributed by atoms with E-state index in [4.69, 9.17) is 13.8 Å². The van der Waals surface area contributed by atoms with Gasteiger partial charge in [0, 0.05) is 18.9 Å². The number of rotatable bonds is 3. The van der Waals surface area contributed by atoms with Crippen molar-refractivity contribution < 1.29 is 23.3 Å². The van der Waals surface area contributed by atoms with Crippen molar-refractivity contribution >= 4 is 40.9 Å². The van der Waals surface area contributed by atoms with E-state index in [1.54, 1.807) is 0 Å². The summed E-state index contributed by atoms with van der Waals surface area (Å²) in [5, 5.41) is 0.545. The number of hydrogen-bond acceptors (Lipinski definition) is 9. The van der Waals surface area contributed by atoms with Gasteiger partial charge in [0.2, 0.25) is 0 Å². The second kappa shape index (κ2) is 6.44. The summed E-state index contributed by atoms with van der Waals surface area (Å²) in [5.74, 6) is 1.49. The zero-order chi connectivity index (χ0) is 13.8. The lowest BCUT2D eigenvalue weighted by atomic mass is 10.1. The molecule has 9 heteroatoms. The number of hydrogen-bond donors (Lipinski definition) is 1. The van der Waals surface area contributed by atoms with Crippen LogP contribution in [0.3, 0.4) is 0 Å². The van der Waals surface area contributed by atoms with E-state index in [0.717, 1.165) is 12.0 Å². The summed E-state index contributed by atoms with van der Waals surface area (Å²) in [7, 11) is 1.47.